The molecule has 1 atom stereocenters. The molecule has 0 fully saturated rings. The van der Waals surface area contributed by atoms with Crippen LogP contribution in [-0.2, 0) is 0 Å². The topological polar surface area (TPSA) is 34.4 Å². The van der Waals surface area contributed by atoms with Crippen LogP contribution < -0.4 is 14.9 Å². The first-order valence-corrected chi connectivity index (χ1v) is 13.5. The van der Waals surface area contributed by atoms with Crippen molar-refractivity contribution in [2.75, 3.05) is 0 Å². The number of rotatable bonds is 3. The van der Waals surface area contributed by atoms with Gasteiger partial charge in [-0.05, 0) is 71.4 Å². The second kappa shape index (κ2) is 9.70. The van der Waals surface area contributed by atoms with E-state index < -0.39 is 0 Å². The van der Waals surface area contributed by atoms with Gasteiger partial charge in [0.1, 0.15) is 0 Å². The number of halogens is 2. The fourth-order valence-electron chi connectivity index (χ4n) is 5.00. The molecule has 0 radical (unpaired) electrons. The van der Waals surface area contributed by atoms with Crippen molar-refractivity contribution < 1.29 is 0 Å². The Morgan fingerprint density at radius 1 is 0.917 bits per heavy atom. The zero-order valence-corrected chi connectivity index (χ0v) is 21.7. The summed E-state index contributed by atoms with van der Waals surface area (Å²) >= 11 is 13.9. The Kier molecular flexibility index (Phi) is 6.26. The number of aromatic nitrogens is 1. The van der Waals surface area contributed by atoms with Crippen LogP contribution in [0, 0.1) is 0 Å². The second-order valence-electron chi connectivity index (χ2n) is 8.97. The summed E-state index contributed by atoms with van der Waals surface area (Å²) < 4.78 is 2.47. The molecule has 36 heavy (non-hydrogen) atoms. The Hall–Kier alpha value is -3.18. The van der Waals surface area contributed by atoms with Crippen molar-refractivity contribution in [2.45, 2.75) is 25.3 Å². The van der Waals surface area contributed by atoms with Gasteiger partial charge < -0.3 is 0 Å². The Labute approximate surface area is 223 Å². The smallest absolute Gasteiger partial charge is 0.271 e. The van der Waals surface area contributed by atoms with E-state index in [0.717, 1.165) is 41.6 Å². The molecule has 3 aromatic carbocycles. The Bertz CT molecular complexity index is 1700. The SMILES string of the molecule is O=c1/c(=C/c2ccc(Cl)cc2Cl)sc2n1C(c1ccccc1)C1=C(N=2)/C(=C\c2ccccc2)CCC1. The van der Waals surface area contributed by atoms with E-state index >= 15 is 0 Å². The quantitative estimate of drug-likeness (QED) is 0.288. The average molecular weight is 529 g/mol. The number of allylic oxidation sites excluding steroid dienone is 2. The maximum Gasteiger partial charge on any atom is 0.271 e. The number of benzene rings is 3. The minimum atomic E-state index is -0.181. The lowest BCUT2D eigenvalue weighted by Crippen LogP contribution is -2.39. The number of hydrogen-bond acceptors (Lipinski definition) is 3. The van der Waals surface area contributed by atoms with E-state index in [1.165, 1.54) is 22.5 Å². The predicted molar refractivity (Wildman–Crippen MR) is 149 cm³/mol. The fourth-order valence-corrected chi connectivity index (χ4v) is 6.46. The van der Waals surface area contributed by atoms with E-state index in [-0.39, 0.29) is 11.6 Å². The molecule has 0 saturated carbocycles. The fraction of sp³-hybridized carbons (Fsp3) is 0.133. The summed E-state index contributed by atoms with van der Waals surface area (Å²) in [5.41, 5.74) is 6.42. The van der Waals surface area contributed by atoms with Gasteiger partial charge >= 0.3 is 0 Å². The van der Waals surface area contributed by atoms with E-state index in [1.54, 1.807) is 12.1 Å². The van der Waals surface area contributed by atoms with Crippen LogP contribution in [0.4, 0.5) is 0 Å². The molecule has 1 aliphatic heterocycles. The van der Waals surface area contributed by atoms with Gasteiger partial charge in [-0.15, -0.1) is 0 Å². The van der Waals surface area contributed by atoms with Crippen LogP contribution >= 0.6 is 34.5 Å². The van der Waals surface area contributed by atoms with Crippen LogP contribution in [0.15, 0.2) is 105 Å². The lowest BCUT2D eigenvalue weighted by molar-refractivity contribution is 0.553. The van der Waals surface area contributed by atoms with E-state index in [2.05, 4.69) is 42.5 Å². The molecule has 2 aliphatic rings. The third-order valence-electron chi connectivity index (χ3n) is 6.64. The summed E-state index contributed by atoms with van der Waals surface area (Å²) in [5.74, 6) is 0. The molecule has 0 spiro atoms. The Balaban J connectivity index is 1.59. The molecule has 0 saturated heterocycles. The van der Waals surface area contributed by atoms with Gasteiger partial charge in [-0.2, -0.15) is 0 Å². The highest BCUT2D eigenvalue weighted by Crippen LogP contribution is 2.41. The van der Waals surface area contributed by atoms with Crippen molar-refractivity contribution in [3.05, 3.63) is 142 Å². The van der Waals surface area contributed by atoms with Crippen molar-refractivity contribution in [1.29, 1.82) is 0 Å². The molecule has 0 amide bonds. The summed E-state index contributed by atoms with van der Waals surface area (Å²) in [6, 6.07) is 25.8. The van der Waals surface area contributed by atoms with Gasteiger partial charge in [0.25, 0.3) is 5.56 Å². The van der Waals surface area contributed by atoms with Crippen LogP contribution in [0.5, 0.6) is 0 Å². The lowest BCUT2D eigenvalue weighted by Gasteiger charge is -2.31. The highest BCUT2D eigenvalue weighted by molar-refractivity contribution is 7.07. The van der Waals surface area contributed by atoms with Gasteiger partial charge in [0.05, 0.1) is 16.3 Å². The van der Waals surface area contributed by atoms with Crippen LogP contribution in [0.1, 0.15) is 42.0 Å². The molecule has 0 bridgehead atoms. The molecule has 3 nitrogen and oxygen atoms in total. The van der Waals surface area contributed by atoms with Gasteiger partial charge in [0.2, 0.25) is 0 Å². The van der Waals surface area contributed by atoms with Crippen molar-refractivity contribution in [3.63, 3.8) is 0 Å². The van der Waals surface area contributed by atoms with Crippen LogP contribution in [0.2, 0.25) is 10.0 Å². The normalized spacial score (nSPS) is 18.7. The molecular formula is C30H22Cl2N2OS. The molecule has 6 heteroatoms. The molecule has 1 aromatic heterocycles. The minimum Gasteiger partial charge on any atom is -0.272 e. The summed E-state index contributed by atoms with van der Waals surface area (Å²) in [6.45, 7) is 0. The third kappa shape index (κ3) is 4.30. The number of hydrogen-bond donors (Lipinski definition) is 0. The summed E-state index contributed by atoms with van der Waals surface area (Å²) in [5, 5.41) is 1.08. The number of thiazole rings is 1. The predicted octanol–water partition coefficient (Wildman–Crippen LogP) is 6.79. The lowest BCUT2D eigenvalue weighted by atomic mass is 9.84. The second-order valence-corrected chi connectivity index (χ2v) is 10.8. The molecule has 1 unspecified atom stereocenters. The minimum absolute atomic E-state index is 0.0515. The molecule has 4 aromatic rings. The average Bonchev–Trinajstić information content (AvgIpc) is 3.20. The van der Waals surface area contributed by atoms with Crippen LogP contribution in [0.3, 0.4) is 0 Å². The van der Waals surface area contributed by atoms with E-state index in [4.69, 9.17) is 28.2 Å². The Morgan fingerprint density at radius 3 is 2.42 bits per heavy atom. The Morgan fingerprint density at radius 2 is 1.67 bits per heavy atom. The molecule has 6 rings (SSSR count). The van der Waals surface area contributed by atoms with Gasteiger partial charge in [-0.25, -0.2) is 4.99 Å². The maximum atomic E-state index is 13.8. The molecular weight excluding hydrogens is 507 g/mol. The van der Waals surface area contributed by atoms with Gasteiger partial charge in [0.15, 0.2) is 4.80 Å². The van der Waals surface area contributed by atoms with Gasteiger partial charge in [-0.3, -0.25) is 9.36 Å². The maximum absolute atomic E-state index is 13.8. The van der Waals surface area contributed by atoms with E-state index in [0.29, 0.717) is 19.4 Å². The first-order valence-electron chi connectivity index (χ1n) is 11.9. The van der Waals surface area contributed by atoms with Crippen LogP contribution in [-0.4, -0.2) is 4.57 Å². The first-order chi connectivity index (χ1) is 17.6. The molecule has 2 heterocycles. The van der Waals surface area contributed by atoms with E-state index in [1.807, 2.05) is 41.0 Å². The highest BCUT2D eigenvalue weighted by Gasteiger charge is 2.32. The third-order valence-corrected chi connectivity index (χ3v) is 8.18. The van der Waals surface area contributed by atoms with Crippen LogP contribution in [0.25, 0.3) is 12.2 Å². The summed E-state index contributed by atoms with van der Waals surface area (Å²) in [4.78, 5) is 19.6. The summed E-state index contributed by atoms with van der Waals surface area (Å²) in [7, 11) is 0. The zero-order chi connectivity index (χ0) is 24.6. The molecule has 0 N–H and O–H groups in total. The van der Waals surface area contributed by atoms with Gasteiger partial charge in [-0.1, -0.05) is 101 Å². The summed E-state index contributed by atoms with van der Waals surface area (Å²) in [6.07, 6.45) is 6.99. The largest absolute Gasteiger partial charge is 0.272 e. The molecule has 1 aliphatic carbocycles. The van der Waals surface area contributed by atoms with Crippen molar-refractivity contribution in [1.82, 2.24) is 4.57 Å². The zero-order valence-electron chi connectivity index (χ0n) is 19.3. The highest BCUT2D eigenvalue weighted by atomic mass is 35.5. The van der Waals surface area contributed by atoms with Crippen molar-refractivity contribution in [3.8, 4) is 0 Å². The monoisotopic (exact) mass is 528 g/mol. The first kappa shape index (κ1) is 23.2. The molecule has 178 valence electrons. The van der Waals surface area contributed by atoms with Gasteiger partial charge in [0, 0.05) is 10.0 Å². The number of nitrogens with zero attached hydrogens (tertiary/aromatic N) is 2. The van der Waals surface area contributed by atoms with E-state index in [9.17, 15) is 4.79 Å². The standard InChI is InChI=1S/C30H22Cl2N2OS/c31-23-15-14-21(25(32)18-23)17-26-29(35)34-28(20-10-5-2-6-11-20)24-13-7-12-22(27(24)33-30(34)36-26)16-19-8-3-1-4-9-19/h1-6,8-11,14-18,28H,7,12-13H2/b22-16-,26-17-. The number of fused-ring (bicyclic) bond motifs is 1. The van der Waals surface area contributed by atoms with Crippen molar-refractivity contribution >= 4 is 46.7 Å². The van der Waals surface area contributed by atoms with Crippen molar-refractivity contribution in [2.24, 2.45) is 4.99 Å².